The van der Waals surface area contributed by atoms with Crippen molar-refractivity contribution in [2.24, 2.45) is 0 Å². The Morgan fingerprint density at radius 1 is 1.16 bits per heavy atom. The van der Waals surface area contributed by atoms with Crippen molar-refractivity contribution < 1.29 is 9.90 Å². The van der Waals surface area contributed by atoms with Gasteiger partial charge in [-0.05, 0) is 30.9 Å². The van der Waals surface area contributed by atoms with E-state index in [1.165, 1.54) is 11.3 Å². The van der Waals surface area contributed by atoms with Crippen molar-refractivity contribution in [2.75, 3.05) is 6.54 Å². The number of thiazole rings is 1. The quantitative estimate of drug-likeness (QED) is 0.542. The number of rotatable bonds is 5. The summed E-state index contributed by atoms with van der Waals surface area (Å²) < 4.78 is 0. The second-order valence-corrected chi connectivity index (χ2v) is 6.30. The Balaban J connectivity index is 1.58. The molecule has 2 heterocycles. The van der Waals surface area contributed by atoms with Gasteiger partial charge in [0.15, 0.2) is 5.01 Å². The van der Waals surface area contributed by atoms with Crippen LogP contribution in [0.5, 0.6) is 0 Å². The Morgan fingerprint density at radius 2 is 2.00 bits per heavy atom. The lowest BCUT2D eigenvalue weighted by molar-refractivity contribution is 0.194. The number of aromatic nitrogens is 3. The van der Waals surface area contributed by atoms with Gasteiger partial charge >= 0.3 is 6.09 Å². The minimum absolute atomic E-state index is 0.457. The van der Waals surface area contributed by atoms with Crippen LogP contribution in [0.15, 0.2) is 36.7 Å². The fourth-order valence-electron chi connectivity index (χ4n) is 2.20. The third kappa shape index (κ3) is 4.75. The first kappa shape index (κ1) is 16.9. The van der Waals surface area contributed by atoms with E-state index in [2.05, 4.69) is 32.1 Å². The predicted octanol–water partition coefficient (Wildman–Crippen LogP) is 3.54. The number of carbonyl (C=O) groups is 1. The summed E-state index contributed by atoms with van der Waals surface area (Å²) >= 11 is 1.49. The van der Waals surface area contributed by atoms with Crippen LogP contribution >= 0.6 is 11.3 Å². The van der Waals surface area contributed by atoms with E-state index in [-0.39, 0.29) is 0 Å². The molecule has 0 fully saturated rings. The number of hydrogen-bond acceptors (Lipinski definition) is 5. The van der Waals surface area contributed by atoms with Gasteiger partial charge in [0.2, 0.25) is 0 Å². The molecule has 0 aliphatic rings. The van der Waals surface area contributed by atoms with Crippen molar-refractivity contribution >= 4 is 28.5 Å². The Morgan fingerprint density at radius 3 is 2.84 bits per heavy atom. The van der Waals surface area contributed by atoms with E-state index in [0.29, 0.717) is 13.0 Å². The highest BCUT2D eigenvalue weighted by Crippen LogP contribution is 2.24. The van der Waals surface area contributed by atoms with Gasteiger partial charge in [-0.15, -0.1) is 11.3 Å². The number of unbranched alkanes of at least 4 members (excludes halogenated alkanes) is 2. The molecule has 0 aliphatic heterocycles. The molecule has 2 N–H and O–H groups in total. The molecule has 0 bridgehead atoms. The maximum Gasteiger partial charge on any atom is 0.404 e. The number of nitrogens with one attached hydrogen (secondary N) is 1. The monoisotopic (exact) mass is 352 g/mol. The first-order chi connectivity index (χ1) is 12.2. The van der Waals surface area contributed by atoms with E-state index in [0.717, 1.165) is 39.5 Å². The average molecular weight is 352 g/mol. The molecule has 3 rings (SSSR count). The van der Waals surface area contributed by atoms with E-state index < -0.39 is 6.09 Å². The molecule has 7 heteroatoms. The van der Waals surface area contributed by atoms with Gasteiger partial charge < -0.3 is 10.4 Å². The van der Waals surface area contributed by atoms with E-state index in [1.807, 2.05) is 24.3 Å². The van der Waals surface area contributed by atoms with Crippen molar-refractivity contribution in [2.45, 2.75) is 19.3 Å². The van der Waals surface area contributed by atoms with E-state index in [1.54, 1.807) is 12.4 Å². The number of benzene rings is 1. The highest BCUT2D eigenvalue weighted by atomic mass is 32.1. The number of nitrogens with zero attached hydrogens (tertiary/aromatic N) is 3. The molecule has 0 unspecified atom stereocenters. The van der Waals surface area contributed by atoms with Crippen LogP contribution < -0.4 is 5.32 Å². The zero-order valence-electron chi connectivity index (χ0n) is 13.4. The molecule has 3 aromatic rings. The SMILES string of the molecule is O=C(O)NCCCCC#Cc1ncc(-c2cnc3ccccc3n2)s1. The number of hydrogen-bond donors (Lipinski definition) is 2. The van der Waals surface area contributed by atoms with Crippen molar-refractivity contribution in [1.29, 1.82) is 0 Å². The third-order valence-electron chi connectivity index (χ3n) is 3.41. The Bertz CT molecular complexity index is 943. The molecule has 25 heavy (non-hydrogen) atoms. The highest BCUT2D eigenvalue weighted by Gasteiger charge is 2.06. The predicted molar refractivity (Wildman–Crippen MR) is 97.4 cm³/mol. The van der Waals surface area contributed by atoms with E-state index in [4.69, 9.17) is 5.11 Å². The summed E-state index contributed by atoms with van der Waals surface area (Å²) in [5.74, 6) is 6.12. The first-order valence-electron chi connectivity index (χ1n) is 7.86. The average Bonchev–Trinajstić information content (AvgIpc) is 3.09. The van der Waals surface area contributed by atoms with Crippen LogP contribution in [-0.2, 0) is 0 Å². The van der Waals surface area contributed by atoms with Crippen molar-refractivity contribution in [3.8, 4) is 22.4 Å². The van der Waals surface area contributed by atoms with Crippen LogP contribution in [0.4, 0.5) is 4.79 Å². The largest absolute Gasteiger partial charge is 0.465 e. The topological polar surface area (TPSA) is 88.0 Å². The number of para-hydroxylation sites is 2. The molecule has 126 valence electrons. The maximum atomic E-state index is 10.3. The van der Waals surface area contributed by atoms with Crippen LogP contribution in [0, 0.1) is 11.8 Å². The molecule has 1 amide bonds. The second-order valence-electron chi connectivity index (χ2n) is 5.26. The van der Waals surface area contributed by atoms with Gasteiger partial charge in [0.25, 0.3) is 0 Å². The Hall–Kier alpha value is -2.98. The van der Waals surface area contributed by atoms with Gasteiger partial charge in [0.05, 0.1) is 22.1 Å². The molecule has 0 aliphatic carbocycles. The Kier molecular flexibility index (Phi) is 5.54. The molecular formula is C18H16N4O2S. The summed E-state index contributed by atoms with van der Waals surface area (Å²) in [5.41, 5.74) is 2.52. The van der Waals surface area contributed by atoms with Crippen LogP contribution in [0.1, 0.15) is 24.3 Å². The zero-order chi connectivity index (χ0) is 17.5. The highest BCUT2D eigenvalue weighted by molar-refractivity contribution is 7.15. The lowest BCUT2D eigenvalue weighted by Crippen LogP contribution is -2.21. The van der Waals surface area contributed by atoms with Crippen LogP contribution in [0.3, 0.4) is 0 Å². The standard InChI is InChI=1S/C18H16N4O2S/c23-18(24)19-10-6-2-1-3-9-17-21-12-16(25-17)15-11-20-13-7-4-5-8-14(13)22-15/h4-5,7-8,11-12,19H,1-2,6,10H2,(H,23,24). The van der Waals surface area contributed by atoms with Crippen molar-refractivity contribution in [3.05, 3.63) is 41.7 Å². The molecular weight excluding hydrogens is 336 g/mol. The van der Waals surface area contributed by atoms with Gasteiger partial charge in [0.1, 0.15) is 5.69 Å². The Labute approximate surface area is 149 Å². The fourth-order valence-corrected chi connectivity index (χ4v) is 2.94. The van der Waals surface area contributed by atoms with Crippen molar-refractivity contribution in [3.63, 3.8) is 0 Å². The van der Waals surface area contributed by atoms with Gasteiger partial charge in [0, 0.05) is 19.2 Å². The molecule has 6 nitrogen and oxygen atoms in total. The molecule has 0 saturated carbocycles. The normalized spacial score (nSPS) is 10.2. The van der Waals surface area contributed by atoms with Crippen LogP contribution in [0.25, 0.3) is 21.6 Å². The molecule has 0 spiro atoms. The lowest BCUT2D eigenvalue weighted by Gasteiger charge is -1.98. The number of fused-ring (bicyclic) bond motifs is 1. The van der Waals surface area contributed by atoms with E-state index in [9.17, 15) is 4.79 Å². The molecule has 2 aromatic heterocycles. The van der Waals surface area contributed by atoms with Gasteiger partial charge in [-0.2, -0.15) is 0 Å². The summed E-state index contributed by atoms with van der Waals surface area (Å²) in [5, 5.41) is 11.5. The van der Waals surface area contributed by atoms with Gasteiger partial charge in [-0.1, -0.05) is 18.1 Å². The number of carboxylic acid groups (broad SMARTS) is 1. The summed E-state index contributed by atoms with van der Waals surface area (Å²) in [6.07, 6.45) is 4.87. The van der Waals surface area contributed by atoms with E-state index >= 15 is 0 Å². The summed E-state index contributed by atoms with van der Waals surface area (Å²) in [6.45, 7) is 0.457. The van der Waals surface area contributed by atoms with Gasteiger partial charge in [-0.25, -0.2) is 14.8 Å². The minimum Gasteiger partial charge on any atom is -0.465 e. The van der Waals surface area contributed by atoms with Crippen molar-refractivity contribution in [1.82, 2.24) is 20.3 Å². The first-order valence-corrected chi connectivity index (χ1v) is 8.68. The molecule has 0 radical (unpaired) electrons. The third-order valence-corrected chi connectivity index (χ3v) is 4.34. The minimum atomic E-state index is -0.988. The number of amides is 1. The molecule has 0 saturated heterocycles. The zero-order valence-corrected chi connectivity index (χ0v) is 14.2. The second kappa shape index (κ2) is 8.22. The van der Waals surface area contributed by atoms with Gasteiger partial charge in [-0.3, -0.25) is 4.98 Å². The summed E-state index contributed by atoms with van der Waals surface area (Å²) in [4.78, 5) is 24.6. The van der Waals surface area contributed by atoms with Crippen LogP contribution in [0.2, 0.25) is 0 Å². The summed E-state index contributed by atoms with van der Waals surface area (Å²) in [7, 11) is 0. The fraction of sp³-hybridized carbons (Fsp3) is 0.222. The van der Waals surface area contributed by atoms with Crippen LogP contribution in [-0.4, -0.2) is 32.7 Å². The lowest BCUT2D eigenvalue weighted by atomic mass is 10.2. The smallest absolute Gasteiger partial charge is 0.404 e. The maximum absolute atomic E-state index is 10.3. The molecule has 0 atom stereocenters. The summed E-state index contributed by atoms with van der Waals surface area (Å²) in [6, 6.07) is 7.75. The molecule has 1 aromatic carbocycles.